The molecule has 34 heavy (non-hydrogen) atoms. The summed E-state index contributed by atoms with van der Waals surface area (Å²) in [6, 6.07) is 10.3. The highest BCUT2D eigenvalue weighted by atomic mass is 35.5. The number of rotatable bonds is 5. The second kappa shape index (κ2) is 9.58. The number of nitrogens with zero attached hydrogens (tertiary/aromatic N) is 3. The highest BCUT2D eigenvalue weighted by Gasteiger charge is 2.43. The molecule has 1 aliphatic rings. The summed E-state index contributed by atoms with van der Waals surface area (Å²) in [6.45, 7) is 3.81. The molecule has 0 radical (unpaired) electrons. The number of aryl methyl sites for hydroxylation is 1. The van der Waals surface area contributed by atoms with Crippen molar-refractivity contribution in [2.45, 2.75) is 51.1 Å². The first kappa shape index (κ1) is 24.5. The molecule has 1 aliphatic heterocycles. The van der Waals surface area contributed by atoms with Crippen molar-refractivity contribution in [2.24, 2.45) is 0 Å². The van der Waals surface area contributed by atoms with Gasteiger partial charge in [0.15, 0.2) is 0 Å². The molecule has 0 saturated carbocycles. The zero-order chi connectivity index (χ0) is 24.6. The summed E-state index contributed by atoms with van der Waals surface area (Å²) in [6.07, 6.45) is -3.93. The van der Waals surface area contributed by atoms with E-state index in [1.807, 2.05) is 25.1 Å². The van der Waals surface area contributed by atoms with Crippen molar-refractivity contribution >= 4 is 29.2 Å². The molecule has 0 N–H and O–H groups in total. The van der Waals surface area contributed by atoms with E-state index in [4.69, 9.17) is 27.9 Å². The number of ether oxygens (including phenoxy) is 1. The lowest BCUT2D eigenvalue weighted by molar-refractivity contribution is -0.146. The SMILES string of the molecule is CCOC(=O)C[C@H]1CC(c2cccc(CC)c2Cl)c2cc(Cl)ccc2-n2c1nnc2C(F)(F)F. The Morgan fingerprint density at radius 1 is 1.15 bits per heavy atom. The number of benzene rings is 2. The van der Waals surface area contributed by atoms with Gasteiger partial charge < -0.3 is 4.74 Å². The molecule has 0 saturated heterocycles. The van der Waals surface area contributed by atoms with E-state index < -0.39 is 29.8 Å². The van der Waals surface area contributed by atoms with Crippen LogP contribution in [0.15, 0.2) is 36.4 Å². The molecule has 0 fully saturated rings. The minimum absolute atomic E-state index is 0.0502. The lowest BCUT2D eigenvalue weighted by atomic mass is 9.82. The predicted molar refractivity (Wildman–Crippen MR) is 123 cm³/mol. The van der Waals surface area contributed by atoms with Gasteiger partial charge in [-0.15, -0.1) is 10.2 Å². The maximum Gasteiger partial charge on any atom is 0.452 e. The Bertz CT molecular complexity index is 1230. The first-order valence-electron chi connectivity index (χ1n) is 10.9. The van der Waals surface area contributed by atoms with Gasteiger partial charge in [0.25, 0.3) is 0 Å². The van der Waals surface area contributed by atoms with E-state index in [-0.39, 0.29) is 31.0 Å². The molecule has 2 atom stereocenters. The van der Waals surface area contributed by atoms with Crippen LogP contribution in [0, 0.1) is 0 Å². The zero-order valence-corrected chi connectivity index (χ0v) is 20.0. The van der Waals surface area contributed by atoms with E-state index >= 15 is 0 Å². The first-order valence-corrected chi connectivity index (χ1v) is 11.7. The van der Waals surface area contributed by atoms with Gasteiger partial charge >= 0.3 is 12.1 Å². The lowest BCUT2D eigenvalue weighted by Crippen LogP contribution is -2.17. The molecule has 3 aromatic rings. The molecule has 0 amide bonds. The van der Waals surface area contributed by atoms with Crippen molar-refractivity contribution in [1.29, 1.82) is 0 Å². The number of carbonyl (C=O) groups is 1. The van der Waals surface area contributed by atoms with Gasteiger partial charge in [-0.2, -0.15) is 13.2 Å². The minimum atomic E-state index is -4.75. The summed E-state index contributed by atoms with van der Waals surface area (Å²) >= 11 is 13.1. The van der Waals surface area contributed by atoms with Gasteiger partial charge in [0, 0.05) is 21.9 Å². The first-order chi connectivity index (χ1) is 16.2. The van der Waals surface area contributed by atoms with Crippen molar-refractivity contribution in [1.82, 2.24) is 14.8 Å². The molecule has 0 bridgehead atoms. The molecular weight excluding hydrogens is 490 g/mol. The molecule has 0 aliphatic carbocycles. The number of aromatic nitrogens is 3. The smallest absolute Gasteiger partial charge is 0.452 e. The number of carbonyl (C=O) groups excluding carboxylic acids is 1. The fourth-order valence-electron chi connectivity index (χ4n) is 4.54. The van der Waals surface area contributed by atoms with Crippen LogP contribution in [0.2, 0.25) is 10.0 Å². The fourth-order valence-corrected chi connectivity index (χ4v) is 5.11. The molecule has 180 valence electrons. The number of fused-ring (bicyclic) bond motifs is 3. The van der Waals surface area contributed by atoms with E-state index in [2.05, 4.69) is 10.2 Å². The number of hydrogen-bond donors (Lipinski definition) is 0. The number of halogens is 5. The van der Waals surface area contributed by atoms with Crippen LogP contribution in [0.4, 0.5) is 13.2 Å². The van der Waals surface area contributed by atoms with Crippen LogP contribution in [-0.4, -0.2) is 27.3 Å². The highest BCUT2D eigenvalue weighted by molar-refractivity contribution is 6.32. The maximum absolute atomic E-state index is 13.9. The number of esters is 1. The van der Waals surface area contributed by atoms with Crippen molar-refractivity contribution in [2.75, 3.05) is 6.61 Å². The van der Waals surface area contributed by atoms with Crippen molar-refractivity contribution in [3.8, 4) is 5.69 Å². The van der Waals surface area contributed by atoms with Gasteiger partial charge in [0.1, 0.15) is 5.82 Å². The average Bonchev–Trinajstić information content (AvgIpc) is 3.18. The van der Waals surface area contributed by atoms with Crippen molar-refractivity contribution < 1.29 is 22.7 Å². The van der Waals surface area contributed by atoms with Crippen LogP contribution >= 0.6 is 23.2 Å². The third-order valence-electron chi connectivity index (χ3n) is 6.02. The number of hydrogen-bond acceptors (Lipinski definition) is 4. The van der Waals surface area contributed by atoms with Gasteiger partial charge in [-0.3, -0.25) is 9.36 Å². The third kappa shape index (κ3) is 4.53. The van der Waals surface area contributed by atoms with E-state index in [1.165, 1.54) is 12.1 Å². The summed E-state index contributed by atoms with van der Waals surface area (Å²) in [5, 5.41) is 8.28. The molecule has 2 aromatic carbocycles. The van der Waals surface area contributed by atoms with Gasteiger partial charge in [-0.1, -0.05) is 48.3 Å². The summed E-state index contributed by atoms with van der Waals surface area (Å²) in [4.78, 5) is 12.4. The summed E-state index contributed by atoms with van der Waals surface area (Å²) in [5.74, 6) is -2.76. The van der Waals surface area contributed by atoms with Gasteiger partial charge in [0.2, 0.25) is 5.82 Å². The molecule has 1 unspecified atom stereocenters. The van der Waals surface area contributed by atoms with Crippen molar-refractivity contribution in [3.05, 3.63) is 74.8 Å². The van der Waals surface area contributed by atoms with Crippen LogP contribution in [0.5, 0.6) is 0 Å². The van der Waals surface area contributed by atoms with E-state index in [9.17, 15) is 18.0 Å². The predicted octanol–water partition coefficient (Wildman–Crippen LogP) is 6.73. The van der Waals surface area contributed by atoms with Crippen LogP contribution in [0.25, 0.3) is 5.69 Å². The monoisotopic (exact) mass is 511 g/mol. The molecule has 10 heteroatoms. The van der Waals surface area contributed by atoms with E-state index in [0.717, 1.165) is 15.7 Å². The maximum atomic E-state index is 13.9. The Morgan fingerprint density at radius 3 is 2.59 bits per heavy atom. The minimum Gasteiger partial charge on any atom is -0.466 e. The summed E-state index contributed by atoms with van der Waals surface area (Å²) < 4.78 is 47.9. The average molecular weight is 512 g/mol. The van der Waals surface area contributed by atoms with Gasteiger partial charge in [-0.25, -0.2) is 0 Å². The standard InChI is InChI=1S/C24H22Cl2F3N3O2/c1-3-13-6-5-7-16(21(13)26)17-10-14(11-20(33)34-4-2)22-30-31-23(24(27,28)29)32(22)19-9-8-15(25)12-18(17)19/h5-9,12,14,17H,3-4,10-11H2,1-2H3/t14-,17?/m1/s1. The van der Waals surface area contributed by atoms with Crippen LogP contribution in [-0.2, 0) is 22.1 Å². The normalized spacial score (nSPS) is 17.6. The number of alkyl halides is 3. The van der Waals surface area contributed by atoms with E-state index in [0.29, 0.717) is 22.0 Å². The fraction of sp³-hybridized carbons (Fsp3) is 0.375. The molecule has 4 rings (SSSR count). The van der Waals surface area contributed by atoms with Crippen LogP contribution < -0.4 is 0 Å². The molecular formula is C24H22Cl2F3N3O2. The molecule has 0 spiro atoms. The van der Waals surface area contributed by atoms with E-state index in [1.54, 1.807) is 13.0 Å². The Morgan fingerprint density at radius 2 is 1.91 bits per heavy atom. The van der Waals surface area contributed by atoms with Gasteiger partial charge in [-0.05, 0) is 54.7 Å². The quantitative estimate of drug-likeness (QED) is 0.356. The molecule has 5 nitrogen and oxygen atoms in total. The van der Waals surface area contributed by atoms with Crippen LogP contribution in [0.1, 0.15) is 66.9 Å². The lowest BCUT2D eigenvalue weighted by Gasteiger charge is -2.23. The Labute approximate surface area is 204 Å². The Hall–Kier alpha value is -2.58. The summed E-state index contributed by atoms with van der Waals surface area (Å²) in [5.41, 5.74) is 2.49. The molecule has 2 heterocycles. The second-order valence-corrected chi connectivity index (χ2v) is 8.90. The zero-order valence-electron chi connectivity index (χ0n) is 18.5. The largest absolute Gasteiger partial charge is 0.466 e. The molecule has 1 aromatic heterocycles. The highest BCUT2D eigenvalue weighted by Crippen LogP contribution is 2.47. The third-order valence-corrected chi connectivity index (χ3v) is 6.71. The van der Waals surface area contributed by atoms with Gasteiger partial charge in [0.05, 0.1) is 18.7 Å². The second-order valence-electron chi connectivity index (χ2n) is 8.09. The topological polar surface area (TPSA) is 57.0 Å². The Kier molecular flexibility index (Phi) is 6.92. The summed E-state index contributed by atoms with van der Waals surface area (Å²) in [7, 11) is 0. The van der Waals surface area contributed by atoms with Crippen LogP contribution in [0.3, 0.4) is 0 Å². The van der Waals surface area contributed by atoms with Crippen molar-refractivity contribution in [3.63, 3.8) is 0 Å². The Balaban J connectivity index is 1.98.